The van der Waals surface area contributed by atoms with Crippen LogP contribution in [0.2, 0.25) is 0 Å². The van der Waals surface area contributed by atoms with Gasteiger partial charge in [-0.05, 0) is 48.1 Å². The second kappa shape index (κ2) is 5.04. The van der Waals surface area contributed by atoms with Crippen molar-refractivity contribution >= 4 is 17.2 Å². The first-order valence-electron chi connectivity index (χ1n) is 7.11. The molecule has 0 bridgehead atoms. The molecule has 0 aliphatic heterocycles. The molecule has 2 fully saturated rings. The van der Waals surface area contributed by atoms with Gasteiger partial charge in [0.15, 0.2) is 0 Å². The predicted octanol–water partition coefficient (Wildman–Crippen LogP) is 3.48. The Labute approximate surface area is 113 Å². The molecule has 1 heterocycles. The molecule has 0 saturated heterocycles. The molecule has 18 heavy (non-hydrogen) atoms. The first-order valence-corrected chi connectivity index (χ1v) is 8.05. The van der Waals surface area contributed by atoms with Crippen LogP contribution in [0.3, 0.4) is 0 Å². The third kappa shape index (κ3) is 2.20. The standard InChI is InChI=1S/C15H21NOS/c17-14(12-4-3-5-12)16-11-15(7-1-2-8-15)13-6-9-18-10-13/h6,9-10,12H,1-5,7-8,11H2,(H,16,17). The van der Waals surface area contributed by atoms with E-state index in [4.69, 9.17) is 0 Å². The molecule has 0 atom stereocenters. The fourth-order valence-corrected chi connectivity index (χ4v) is 4.04. The second-order valence-corrected chi connectivity index (χ2v) is 6.63. The van der Waals surface area contributed by atoms with Gasteiger partial charge in [-0.15, -0.1) is 0 Å². The van der Waals surface area contributed by atoms with E-state index >= 15 is 0 Å². The van der Waals surface area contributed by atoms with Gasteiger partial charge < -0.3 is 5.32 Å². The van der Waals surface area contributed by atoms with E-state index < -0.39 is 0 Å². The number of carbonyl (C=O) groups excluding carboxylic acids is 1. The van der Waals surface area contributed by atoms with E-state index in [9.17, 15) is 4.79 Å². The Kier molecular flexibility index (Phi) is 3.42. The van der Waals surface area contributed by atoms with Crippen molar-refractivity contribution in [2.45, 2.75) is 50.4 Å². The second-order valence-electron chi connectivity index (χ2n) is 5.85. The number of nitrogens with one attached hydrogen (secondary N) is 1. The molecule has 0 aromatic carbocycles. The average Bonchev–Trinajstić information content (AvgIpc) is 2.96. The first-order chi connectivity index (χ1) is 8.80. The molecule has 2 saturated carbocycles. The van der Waals surface area contributed by atoms with Crippen molar-refractivity contribution in [1.29, 1.82) is 0 Å². The van der Waals surface area contributed by atoms with Crippen LogP contribution in [0.15, 0.2) is 16.8 Å². The highest BCUT2D eigenvalue weighted by molar-refractivity contribution is 7.08. The molecule has 3 heteroatoms. The summed E-state index contributed by atoms with van der Waals surface area (Å²) in [5.41, 5.74) is 1.68. The van der Waals surface area contributed by atoms with Crippen LogP contribution in [-0.2, 0) is 10.2 Å². The highest BCUT2D eigenvalue weighted by Gasteiger charge is 2.37. The molecule has 2 aliphatic carbocycles. The molecular formula is C15H21NOS. The van der Waals surface area contributed by atoms with Crippen LogP contribution in [0.5, 0.6) is 0 Å². The Morgan fingerprint density at radius 1 is 1.33 bits per heavy atom. The quantitative estimate of drug-likeness (QED) is 0.885. The SMILES string of the molecule is O=C(NCC1(c2ccsc2)CCCC1)C1CCC1. The van der Waals surface area contributed by atoms with Crippen LogP contribution in [0.1, 0.15) is 50.5 Å². The number of hydrogen-bond acceptors (Lipinski definition) is 2. The summed E-state index contributed by atoms with van der Waals surface area (Å²) in [6, 6.07) is 2.24. The lowest BCUT2D eigenvalue weighted by molar-refractivity contribution is -0.127. The van der Waals surface area contributed by atoms with E-state index in [-0.39, 0.29) is 5.41 Å². The summed E-state index contributed by atoms with van der Waals surface area (Å²) in [5.74, 6) is 0.605. The van der Waals surface area contributed by atoms with E-state index in [0.717, 1.165) is 19.4 Å². The van der Waals surface area contributed by atoms with Crippen LogP contribution in [0.4, 0.5) is 0 Å². The summed E-state index contributed by atoms with van der Waals surface area (Å²) in [7, 11) is 0. The van der Waals surface area contributed by atoms with Crippen LogP contribution in [-0.4, -0.2) is 12.5 Å². The summed E-state index contributed by atoms with van der Waals surface area (Å²) in [6.07, 6.45) is 8.48. The topological polar surface area (TPSA) is 29.1 Å². The largest absolute Gasteiger partial charge is 0.355 e. The van der Waals surface area contributed by atoms with E-state index in [0.29, 0.717) is 11.8 Å². The van der Waals surface area contributed by atoms with Crippen LogP contribution in [0.25, 0.3) is 0 Å². The van der Waals surface area contributed by atoms with Gasteiger partial charge in [-0.25, -0.2) is 0 Å². The lowest BCUT2D eigenvalue weighted by atomic mass is 9.79. The van der Waals surface area contributed by atoms with Gasteiger partial charge in [0.25, 0.3) is 0 Å². The lowest BCUT2D eigenvalue weighted by Crippen LogP contribution is -2.42. The Balaban J connectivity index is 1.65. The molecule has 1 aromatic heterocycles. The summed E-state index contributed by atoms with van der Waals surface area (Å²) in [6.45, 7) is 0.846. The summed E-state index contributed by atoms with van der Waals surface area (Å²) in [5, 5.41) is 7.64. The minimum Gasteiger partial charge on any atom is -0.355 e. The average molecular weight is 263 g/mol. The molecule has 3 rings (SSSR count). The third-order valence-electron chi connectivity index (χ3n) is 4.77. The van der Waals surface area contributed by atoms with Gasteiger partial charge in [-0.2, -0.15) is 11.3 Å². The summed E-state index contributed by atoms with van der Waals surface area (Å²) >= 11 is 1.77. The molecule has 1 amide bonds. The van der Waals surface area contributed by atoms with Crippen molar-refractivity contribution in [2.75, 3.05) is 6.54 Å². The third-order valence-corrected chi connectivity index (χ3v) is 5.45. The fourth-order valence-electron chi connectivity index (χ4n) is 3.26. The minimum atomic E-state index is 0.236. The van der Waals surface area contributed by atoms with E-state index in [1.807, 2.05) is 0 Å². The van der Waals surface area contributed by atoms with Gasteiger partial charge in [0, 0.05) is 17.9 Å². The van der Waals surface area contributed by atoms with Crippen molar-refractivity contribution in [3.05, 3.63) is 22.4 Å². The predicted molar refractivity (Wildman–Crippen MR) is 74.8 cm³/mol. The normalized spacial score (nSPS) is 22.7. The monoisotopic (exact) mass is 263 g/mol. The zero-order valence-corrected chi connectivity index (χ0v) is 11.6. The van der Waals surface area contributed by atoms with Gasteiger partial charge in [0.2, 0.25) is 5.91 Å². The fraction of sp³-hybridized carbons (Fsp3) is 0.667. The van der Waals surface area contributed by atoms with Crippen LogP contribution < -0.4 is 5.32 Å². The van der Waals surface area contributed by atoms with Crippen LogP contribution in [0, 0.1) is 5.92 Å². The maximum absolute atomic E-state index is 12.0. The number of amides is 1. The molecule has 2 aliphatic rings. The minimum absolute atomic E-state index is 0.236. The molecule has 2 nitrogen and oxygen atoms in total. The van der Waals surface area contributed by atoms with Crippen molar-refractivity contribution in [3.63, 3.8) is 0 Å². The van der Waals surface area contributed by atoms with Crippen molar-refractivity contribution in [1.82, 2.24) is 5.32 Å². The number of hydrogen-bond donors (Lipinski definition) is 1. The zero-order valence-electron chi connectivity index (χ0n) is 10.8. The highest BCUT2D eigenvalue weighted by Crippen LogP contribution is 2.41. The van der Waals surface area contributed by atoms with Gasteiger partial charge in [0.05, 0.1) is 0 Å². The van der Waals surface area contributed by atoms with Crippen molar-refractivity contribution in [2.24, 2.45) is 5.92 Å². The Hall–Kier alpha value is -0.830. The van der Waals surface area contributed by atoms with Gasteiger partial charge in [-0.1, -0.05) is 19.3 Å². The number of carbonyl (C=O) groups is 1. The molecule has 0 radical (unpaired) electrons. The summed E-state index contributed by atoms with van der Waals surface area (Å²) in [4.78, 5) is 12.0. The number of rotatable bonds is 4. The molecular weight excluding hydrogens is 242 g/mol. The smallest absolute Gasteiger partial charge is 0.223 e. The Bertz CT molecular complexity index is 402. The molecule has 1 aromatic rings. The van der Waals surface area contributed by atoms with Gasteiger partial charge in [-0.3, -0.25) is 4.79 Å². The van der Waals surface area contributed by atoms with Gasteiger partial charge in [0.1, 0.15) is 0 Å². The van der Waals surface area contributed by atoms with Crippen LogP contribution >= 0.6 is 11.3 Å². The number of thiophene rings is 1. The summed E-state index contributed by atoms with van der Waals surface area (Å²) < 4.78 is 0. The highest BCUT2D eigenvalue weighted by atomic mass is 32.1. The molecule has 0 spiro atoms. The molecule has 98 valence electrons. The lowest BCUT2D eigenvalue weighted by Gasteiger charge is -2.31. The van der Waals surface area contributed by atoms with Crippen molar-refractivity contribution < 1.29 is 4.79 Å². The van der Waals surface area contributed by atoms with Crippen molar-refractivity contribution in [3.8, 4) is 0 Å². The first kappa shape index (κ1) is 12.2. The van der Waals surface area contributed by atoms with E-state index in [2.05, 4.69) is 22.1 Å². The maximum Gasteiger partial charge on any atom is 0.223 e. The van der Waals surface area contributed by atoms with E-state index in [1.165, 1.54) is 37.7 Å². The van der Waals surface area contributed by atoms with Gasteiger partial charge >= 0.3 is 0 Å². The Morgan fingerprint density at radius 2 is 2.11 bits per heavy atom. The van der Waals surface area contributed by atoms with E-state index in [1.54, 1.807) is 11.3 Å². The maximum atomic E-state index is 12.0. The Morgan fingerprint density at radius 3 is 2.67 bits per heavy atom. The molecule has 0 unspecified atom stereocenters. The molecule has 1 N–H and O–H groups in total. The zero-order chi connectivity index (χ0) is 12.4.